The Bertz CT molecular complexity index is 828. The number of carbonyl (C=O) groups is 2. The summed E-state index contributed by atoms with van der Waals surface area (Å²) < 4.78 is 10.7. The topological polar surface area (TPSA) is 55.8 Å². The van der Waals surface area contributed by atoms with Crippen molar-refractivity contribution in [3.05, 3.63) is 35.9 Å². The first-order valence-corrected chi connectivity index (χ1v) is 16.8. The lowest BCUT2D eigenvalue weighted by Crippen LogP contribution is -2.47. The third kappa shape index (κ3) is 10.7. The highest BCUT2D eigenvalue weighted by Crippen LogP contribution is 2.54. The molecule has 1 amide bonds. The molecule has 0 N–H and O–H groups in total. The predicted molar refractivity (Wildman–Crippen MR) is 163 cm³/mol. The number of esters is 1. The summed E-state index contributed by atoms with van der Waals surface area (Å²) in [6, 6.07) is 10.8. The van der Waals surface area contributed by atoms with Crippen molar-refractivity contribution >= 4 is 12.1 Å². The first kappa shape index (κ1) is 32.5. The summed E-state index contributed by atoms with van der Waals surface area (Å²) in [7, 11) is 0. The Labute approximate surface area is 244 Å². The van der Waals surface area contributed by atoms with Crippen molar-refractivity contribution in [3.63, 3.8) is 0 Å². The van der Waals surface area contributed by atoms with Crippen LogP contribution >= 0.6 is 0 Å². The average Bonchev–Trinajstić information content (AvgIpc) is 3.58. The first-order valence-electron chi connectivity index (χ1n) is 16.8. The van der Waals surface area contributed by atoms with Crippen LogP contribution < -0.4 is 0 Å². The Morgan fingerprint density at radius 1 is 0.725 bits per heavy atom. The fourth-order valence-corrected chi connectivity index (χ4v) is 7.26. The van der Waals surface area contributed by atoms with Crippen LogP contribution in [-0.2, 0) is 14.3 Å². The molecule has 4 atom stereocenters. The molecule has 226 valence electrons. The zero-order valence-electron chi connectivity index (χ0n) is 25.6. The summed E-state index contributed by atoms with van der Waals surface area (Å²) in [5.74, 6) is 1.25. The van der Waals surface area contributed by atoms with Crippen LogP contribution in [0.15, 0.2) is 30.3 Å². The molecule has 3 rings (SSSR count). The van der Waals surface area contributed by atoms with Crippen LogP contribution in [0.4, 0.5) is 4.79 Å². The van der Waals surface area contributed by atoms with Crippen LogP contribution in [0.25, 0.3) is 0 Å². The van der Waals surface area contributed by atoms with E-state index in [1.165, 1.54) is 108 Å². The maximum Gasteiger partial charge on any atom is 0.412 e. The Morgan fingerprint density at radius 3 is 1.85 bits per heavy atom. The van der Waals surface area contributed by atoms with Gasteiger partial charge >= 0.3 is 12.1 Å². The monoisotopic (exact) mass is 555 g/mol. The van der Waals surface area contributed by atoms with Crippen LogP contribution in [0, 0.1) is 11.8 Å². The van der Waals surface area contributed by atoms with Gasteiger partial charge in [-0.15, -0.1) is 0 Å². The molecule has 5 nitrogen and oxygen atoms in total. The van der Waals surface area contributed by atoms with Crippen molar-refractivity contribution in [1.29, 1.82) is 0 Å². The SMILES string of the molecule is CCCCCCCCCCCCCCCCCC(=O)OCOC(=O)N(CC)C1C2CCC(C2)C1c1ccccc1. The van der Waals surface area contributed by atoms with Gasteiger partial charge in [-0.3, -0.25) is 4.79 Å². The molecule has 40 heavy (non-hydrogen) atoms. The number of hydrogen-bond acceptors (Lipinski definition) is 4. The number of hydrogen-bond donors (Lipinski definition) is 0. The second-order valence-electron chi connectivity index (χ2n) is 12.3. The summed E-state index contributed by atoms with van der Waals surface area (Å²) in [6.07, 6.45) is 23.1. The fourth-order valence-electron chi connectivity index (χ4n) is 7.26. The molecule has 2 fully saturated rings. The zero-order chi connectivity index (χ0) is 28.4. The van der Waals surface area contributed by atoms with Gasteiger partial charge in [0, 0.05) is 24.9 Å². The molecule has 5 heteroatoms. The van der Waals surface area contributed by atoms with Crippen molar-refractivity contribution in [2.45, 2.75) is 148 Å². The summed E-state index contributed by atoms with van der Waals surface area (Å²) in [4.78, 5) is 27.1. The standard InChI is InChI=1S/C35H57NO4/c1-3-5-6-7-8-9-10-11-12-13-14-15-16-17-21-24-32(37)39-28-40-35(38)36(4-2)34-31-26-25-30(27-31)33(34)29-22-19-18-20-23-29/h18-20,22-23,30-31,33-34H,3-17,21,24-28H2,1-2H3. The number of amides is 1. The number of fused-ring (bicyclic) bond motifs is 2. The van der Waals surface area contributed by atoms with Crippen LogP contribution in [0.3, 0.4) is 0 Å². The molecule has 0 aliphatic heterocycles. The van der Waals surface area contributed by atoms with Crippen molar-refractivity contribution in [3.8, 4) is 0 Å². The Morgan fingerprint density at radius 2 is 1.27 bits per heavy atom. The lowest BCUT2D eigenvalue weighted by atomic mass is 9.79. The molecule has 0 radical (unpaired) electrons. The van der Waals surface area contributed by atoms with Crippen LogP contribution in [0.2, 0.25) is 0 Å². The third-order valence-corrected chi connectivity index (χ3v) is 9.38. The molecule has 2 bridgehead atoms. The highest BCUT2D eigenvalue weighted by Gasteiger charge is 2.51. The lowest BCUT2D eigenvalue weighted by Gasteiger charge is -2.39. The highest BCUT2D eigenvalue weighted by molar-refractivity contribution is 5.70. The molecule has 4 unspecified atom stereocenters. The van der Waals surface area contributed by atoms with E-state index in [1.807, 2.05) is 17.9 Å². The van der Waals surface area contributed by atoms with Crippen molar-refractivity contribution in [2.75, 3.05) is 13.3 Å². The number of ether oxygens (including phenoxy) is 2. The van der Waals surface area contributed by atoms with E-state index in [0.29, 0.717) is 30.7 Å². The van der Waals surface area contributed by atoms with Crippen LogP contribution in [-0.4, -0.2) is 36.3 Å². The predicted octanol–water partition coefficient (Wildman–Crippen LogP) is 9.79. The van der Waals surface area contributed by atoms with Gasteiger partial charge in [-0.1, -0.05) is 127 Å². The quantitative estimate of drug-likeness (QED) is 0.0860. The molecule has 1 aromatic rings. The molecule has 2 aliphatic rings. The van der Waals surface area contributed by atoms with Crippen molar-refractivity contribution < 1.29 is 19.1 Å². The number of rotatable bonds is 21. The zero-order valence-corrected chi connectivity index (χ0v) is 25.6. The molecular weight excluding hydrogens is 498 g/mol. The van der Waals surface area contributed by atoms with Crippen molar-refractivity contribution in [1.82, 2.24) is 4.90 Å². The summed E-state index contributed by atoms with van der Waals surface area (Å²) in [5, 5.41) is 0. The lowest BCUT2D eigenvalue weighted by molar-refractivity contribution is -0.152. The van der Waals surface area contributed by atoms with Gasteiger partial charge in [-0.05, 0) is 50.0 Å². The number of nitrogens with zero attached hydrogens (tertiary/aromatic N) is 1. The normalized spacial score (nSPS) is 21.4. The smallest absolute Gasteiger partial charge is 0.412 e. The van der Waals surface area contributed by atoms with E-state index < -0.39 is 0 Å². The van der Waals surface area contributed by atoms with E-state index in [0.717, 1.165) is 12.8 Å². The number of carbonyl (C=O) groups excluding carboxylic acids is 2. The van der Waals surface area contributed by atoms with E-state index in [4.69, 9.17) is 9.47 Å². The molecule has 0 heterocycles. The minimum absolute atomic E-state index is 0.162. The molecule has 2 saturated carbocycles. The maximum atomic E-state index is 13.0. The van der Waals surface area contributed by atoms with E-state index in [-0.39, 0.29) is 24.9 Å². The number of likely N-dealkylation sites (N-methyl/N-ethyl adjacent to an activating group) is 1. The second-order valence-corrected chi connectivity index (χ2v) is 12.3. The van der Waals surface area contributed by atoms with Gasteiger partial charge in [0.1, 0.15) is 0 Å². The highest BCUT2D eigenvalue weighted by atomic mass is 16.7. The van der Waals surface area contributed by atoms with Gasteiger partial charge in [0.25, 0.3) is 0 Å². The Hall–Kier alpha value is -2.04. The van der Waals surface area contributed by atoms with Gasteiger partial charge in [-0.2, -0.15) is 0 Å². The second kappa shape index (κ2) is 19.1. The summed E-state index contributed by atoms with van der Waals surface area (Å²) in [6.45, 7) is 4.60. The Balaban J connectivity index is 1.20. The molecule has 0 spiro atoms. The molecule has 2 aliphatic carbocycles. The molecule has 0 saturated heterocycles. The number of unbranched alkanes of at least 4 members (excludes halogenated alkanes) is 14. The van der Waals surface area contributed by atoms with Gasteiger partial charge < -0.3 is 14.4 Å². The molecule has 1 aromatic carbocycles. The first-order chi connectivity index (χ1) is 19.7. The number of benzene rings is 1. The molecule has 0 aromatic heterocycles. The van der Waals surface area contributed by atoms with Gasteiger partial charge in [0.2, 0.25) is 6.79 Å². The van der Waals surface area contributed by atoms with E-state index in [9.17, 15) is 9.59 Å². The molecular formula is C35H57NO4. The van der Waals surface area contributed by atoms with E-state index in [1.54, 1.807) is 0 Å². The van der Waals surface area contributed by atoms with Crippen molar-refractivity contribution in [2.24, 2.45) is 11.8 Å². The van der Waals surface area contributed by atoms with Gasteiger partial charge in [0.05, 0.1) is 0 Å². The Kier molecular flexibility index (Phi) is 15.5. The van der Waals surface area contributed by atoms with E-state index in [2.05, 4.69) is 31.2 Å². The minimum atomic E-state index is -0.360. The van der Waals surface area contributed by atoms with Crippen LogP contribution in [0.1, 0.15) is 147 Å². The van der Waals surface area contributed by atoms with Gasteiger partial charge in [0.15, 0.2) is 0 Å². The minimum Gasteiger partial charge on any atom is -0.428 e. The van der Waals surface area contributed by atoms with Crippen LogP contribution in [0.5, 0.6) is 0 Å². The summed E-state index contributed by atoms with van der Waals surface area (Å²) in [5.41, 5.74) is 1.32. The fraction of sp³-hybridized carbons (Fsp3) is 0.771. The largest absolute Gasteiger partial charge is 0.428 e. The average molecular weight is 556 g/mol. The third-order valence-electron chi connectivity index (χ3n) is 9.38. The van der Waals surface area contributed by atoms with Gasteiger partial charge in [-0.25, -0.2) is 4.79 Å². The maximum absolute atomic E-state index is 13.0. The van der Waals surface area contributed by atoms with E-state index >= 15 is 0 Å². The summed E-state index contributed by atoms with van der Waals surface area (Å²) >= 11 is 0.